The quantitative estimate of drug-likeness (QED) is 0.913. The van der Waals surface area contributed by atoms with E-state index in [-0.39, 0.29) is 5.82 Å². The van der Waals surface area contributed by atoms with Gasteiger partial charge in [0.15, 0.2) is 0 Å². The largest absolute Gasteiger partial charge is 0.496 e. The minimum atomic E-state index is -0.229. The lowest BCUT2D eigenvalue weighted by atomic mass is 10.2. The lowest BCUT2D eigenvalue weighted by molar-refractivity contribution is 0.412. The maximum Gasteiger partial charge on any atom is 0.133 e. The molecule has 0 aromatic heterocycles. The van der Waals surface area contributed by atoms with Crippen LogP contribution < -0.4 is 10.1 Å². The van der Waals surface area contributed by atoms with Gasteiger partial charge >= 0.3 is 0 Å². The smallest absolute Gasteiger partial charge is 0.133 e. The number of hydrogen-bond acceptors (Lipinski definition) is 2. The molecule has 0 aliphatic heterocycles. The van der Waals surface area contributed by atoms with Crippen molar-refractivity contribution in [1.29, 1.82) is 0 Å². The Morgan fingerprint density at radius 1 is 1.17 bits per heavy atom. The Balaban J connectivity index is 2.02. The van der Waals surface area contributed by atoms with Gasteiger partial charge in [-0.3, -0.25) is 0 Å². The van der Waals surface area contributed by atoms with Crippen molar-refractivity contribution in [3.8, 4) is 5.75 Å². The van der Waals surface area contributed by atoms with Crippen molar-refractivity contribution < 1.29 is 9.13 Å². The van der Waals surface area contributed by atoms with Crippen molar-refractivity contribution in [2.45, 2.75) is 6.54 Å². The van der Waals surface area contributed by atoms with Crippen molar-refractivity contribution in [2.75, 3.05) is 12.4 Å². The zero-order valence-corrected chi connectivity index (χ0v) is 11.5. The summed E-state index contributed by atoms with van der Waals surface area (Å²) in [4.78, 5) is 0. The van der Waals surface area contributed by atoms with Crippen LogP contribution in [0, 0.1) is 5.82 Å². The van der Waals surface area contributed by atoms with Gasteiger partial charge in [-0.05, 0) is 57.9 Å². The van der Waals surface area contributed by atoms with E-state index in [0.717, 1.165) is 21.5 Å². The van der Waals surface area contributed by atoms with Gasteiger partial charge in [-0.2, -0.15) is 0 Å². The molecule has 2 rings (SSSR count). The number of hydrogen-bond donors (Lipinski definition) is 1. The molecule has 18 heavy (non-hydrogen) atoms. The van der Waals surface area contributed by atoms with Gasteiger partial charge < -0.3 is 10.1 Å². The molecule has 4 heteroatoms. The summed E-state index contributed by atoms with van der Waals surface area (Å²) >= 11 is 3.44. The fourth-order valence-corrected chi connectivity index (χ4v) is 2.18. The summed E-state index contributed by atoms with van der Waals surface area (Å²) in [5.74, 6) is 0.577. The van der Waals surface area contributed by atoms with Crippen molar-refractivity contribution >= 4 is 21.6 Å². The molecule has 0 saturated heterocycles. The molecule has 2 aromatic carbocycles. The maximum atomic E-state index is 12.7. The number of rotatable bonds is 4. The van der Waals surface area contributed by atoms with Gasteiger partial charge in [0.1, 0.15) is 11.6 Å². The van der Waals surface area contributed by atoms with Gasteiger partial charge in [0.25, 0.3) is 0 Å². The molecule has 0 aliphatic carbocycles. The van der Waals surface area contributed by atoms with Gasteiger partial charge in [0.2, 0.25) is 0 Å². The van der Waals surface area contributed by atoms with Gasteiger partial charge in [-0.1, -0.05) is 6.07 Å². The Morgan fingerprint density at radius 2 is 1.89 bits per heavy atom. The topological polar surface area (TPSA) is 21.3 Å². The number of halogens is 2. The maximum absolute atomic E-state index is 12.7. The lowest BCUT2D eigenvalue weighted by Crippen LogP contribution is -1.99. The second kappa shape index (κ2) is 5.87. The number of ether oxygens (including phenoxy) is 1. The molecule has 0 aliphatic rings. The van der Waals surface area contributed by atoms with E-state index in [1.807, 2.05) is 18.2 Å². The average molecular weight is 310 g/mol. The third-order valence-electron chi connectivity index (χ3n) is 2.56. The van der Waals surface area contributed by atoms with Crippen LogP contribution in [0.3, 0.4) is 0 Å². The zero-order valence-electron chi connectivity index (χ0n) is 9.91. The highest BCUT2D eigenvalue weighted by molar-refractivity contribution is 9.10. The van der Waals surface area contributed by atoms with Gasteiger partial charge in [-0.25, -0.2) is 4.39 Å². The fourth-order valence-electron chi connectivity index (χ4n) is 1.59. The molecule has 0 heterocycles. The first-order chi connectivity index (χ1) is 8.69. The molecule has 0 radical (unpaired) electrons. The molecule has 2 aromatic rings. The molecule has 0 unspecified atom stereocenters. The Labute approximate surface area is 114 Å². The minimum absolute atomic E-state index is 0.229. The molecular weight excluding hydrogens is 297 g/mol. The van der Waals surface area contributed by atoms with Gasteiger partial charge in [-0.15, -0.1) is 0 Å². The Kier molecular flexibility index (Phi) is 4.20. The second-order valence-electron chi connectivity index (χ2n) is 3.83. The number of methoxy groups -OCH3 is 1. The molecular formula is C14H13BrFNO. The minimum Gasteiger partial charge on any atom is -0.496 e. The normalized spacial score (nSPS) is 10.2. The third kappa shape index (κ3) is 3.23. The average Bonchev–Trinajstić information content (AvgIpc) is 2.38. The van der Waals surface area contributed by atoms with Crippen molar-refractivity contribution in [3.05, 3.63) is 58.3 Å². The Morgan fingerprint density at radius 3 is 2.50 bits per heavy atom. The molecule has 0 spiro atoms. The first kappa shape index (κ1) is 12.9. The molecule has 0 atom stereocenters. The van der Waals surface area contributed by atoms with E-state index in [1.54, 1.807) is 19.2 Å². The van der Waals surface area contributed by atoms with E-state index in [9.17, 15) is 4.39 Å². The monoisotopic (exact) mass is 309 g/mol. The SMILES string of the molecule is COc1ccc(CNc2ccc(F)cc2)cc1Br. The summed E-state index contributed by atoms with van der Waals surface area (Å²) in [6.45, 7) is 0.675. The van der Waals surface area contributed by atoms with E-state index >= 15 is 0 Å². The van der Waals surface area contributed by atoms with E-state index in [1.165, 1.54) is 12.1 Å². The van der Waals surface area contributed by atoms with E-state index in [4.69, 9.17) is 4.74 Å². The zero-order chi connectivity index (χ0) is 13.0. The van der Waals surface area contributed by atoms with E-state index in [0.29, 0.717) is 6.54 Å². The van der Waals surface area contributed by atoms with Crippen LogP contribution in [0.1, 0.15) is 5.56 Å². The van der Waals surface area contributed by atoms with Crippen molar-refractivity contribution in [2.24, 2.45) is 0 Å². The van der Waals surface area contributed by atoms with Crippen LogP contribution in [-0.4, -0.2) is 7.11 Å². The Bertz CT molecular complexity index is 528. The summed E-state index contributed by atoms with van der Waals surface area (Å²) in [5.41, 5.74) is 2.01. The van der Waals surface area contributed by atoms with E-state index < -0.39 is 0 Å². The number of nitrogens with one attached hydrogen (secondary N) is 1. The Hall–Kier alpha value is -1.55. The highest BCUT2D eigenvalue weighted by Crippen LogP contribution is 2.25. The third-order valence-corrected chi connectivity index (χ3v) is 3.18. The van der Waals surface area contributed by atoms with Crippen molar-refractivity contribution in [1.82, 2.24) is 0 Å². The molecule has 1 N–H and O–H groups in total. The summed E-state index contributed by atoms with van der Waals surface area (Å²) in [6.07, 6.45) is 0. The van der Waals surface area contributed by atoms with Crippen LogP contribution in [0.2, 0.25) is 0 Å². The number of benzene rings is 2. The summed E-state index contributed by atoms with van der Waals surface area (Å²) in [5, 5.41) is 3.22. The highest BCUT2D eigenvalue weighted by Gasteiger charge is 2.01. The van der Waals surface area contributed by atoms with Crippen LogP contribution >= 0.6 is 15.9 Å². The first-order valence-corrected chi connectivity index (χ1v) is 6.30. The molecule has 0 amide bonds. The molecule has 0 saturated carbocycles. The van der Waals surface area contributed by atoms with Gasteiger partial charge in [0, 0.05) is 12.2 Å². The summed E-state index contributed by atoms with van der Waals surface area (Å²) < 4.78 is 18.8. The molecule has 0 fully saturated rings. The molecule has 2 nitrogen and oxygen atoms in total. The van der Waals surface area contributed by atoms with Crippen LogP contribution in [0.4, 0.5) is 10.1 Å². The fraction of sp³-hybridized carbons (Fsp3) is 0.143. The highest BCUT2D eigenvalue weighted by atomic mass is 79.9. The van der Waals surface area contributed by atoms with Crippen LogP contribution in [0.25, 0.3) is 0 Å². The summed E-state index contributed by atoms with van der Waals surface area (Å²) in [6, 6.07) is 12.2. The van der Waals surface area contributed by atoms with Crippen LogP contribution in [0.5, 0.6) is 5.75 Å². The predicted molar refractivity (Wildman–Crippen MR) is 74.4 cm³/mol. The van der Waals surface area contributed by atoms with Crippen molar-refractivity contribution in [3.63, 3.8) is 0 Å². The molecule has 94 valence electrons. The number of anilines is 1. The first-order valence-electron chi connectivity index (χ1n) is 5.51. The summed E-state index contributed by atoms with van der Waals surface area (Å²) in [7, 11) is 1.64. The second-order valence-corrected chi connectivity index (χ2v) is 4.68. The van der Waals surface area contributed by atoms with Gasteiger partial charge in [0.05, 0.1) is 11.6 Å². The van der Waals surface area contributed by atoms with Crippen LogP contribution in [-0.2, 0) is 6.54 Å². The van der Waals surface area contributed by atoms with E-state index in [2.05, 4.69) is 21.2 Å². The standard InChI is InChI=1S/C14H13BrFNO/c1-18-14-7-2-10(8-13(14)15)9-17-12-5-3-11(16)4-6-12/h2-8,17H,9H2,1H3. The predicted octanol–water partition coefficient (Wildman–Crippen LogP) is 4.21. The molecule has 0 bridgehead atoms. The lowest BCUT2D eigenvalue weighted by Gasteiger charge is -2.08. The van der Waals surface area contributed by atoms with Crippen LogP contribution in [0.15, 0.2) is 46.9 Å².